The van der Waals surface area contributed by atoms with Crippen molar-refractivity contribution >= 4 is 0 Å². The molecule has 0 aliphatic carbocycles. The quantitative estimate of drug-likeness (QED) is 0.867. The van der Waals surface area contributed by atoms with Crippen LogP contribution < -0.4 is 4.90 Å². The third-order valence-electron chi connectivity index (χ3n) is 5.12. The van der Waals surface area contributed by atoms with Crippen LogP contribution in [0.4, 0.5) is 0 Å². The van der Waals surface area contributed by atoms with E-state index >= 15 is 0 Å². The van der Waals surface area contributed by atoms with Gasteiger partial charge < -0.3 is 10.0 Å². The van der Waals surface area contributed by atoms with Gasteiger partial charge in [0.2, 0.25) is 0 Å². The lowest BCUT2D eigenvalue weighted by Gasteiger charge is -2.45. The largest absolute Gasteiger partial charge is 0.384 e. The number of aliphatic hydroxyl groups is 1. The van der Waals surface area contributed by atoms with Crippen molar-refractivity contribution in [3.8, 4) is 0 Å². The van der Waals surface area contributed by atoms with Gasteiger partial charge in [0.25, 0.3) is 0 Å². The summed E-state index contributed by atoms with van der Waals surface area (Å²) < 4.78 is 0. The summed E-state index contributed by atoms with van der Waals surface area (Å²) in [5, 5.41) is 11.3. The molecule has 2 nitrogen and oxygen atoms in total. The molecule has 4 atom stereocenters. The van der Waals surface area contributed by atoms with Crippen molar-refractivity contribution in [2.24, 2.45) is 5.92 Å². The molecule has 0 amide bonds. The van der Waals surface area contributed by atoms with Crippen LogP contribution in [0, 0.1) is 5.92 Å². The summed E-state index contributed by atoms with van der Waals surface area (Å²) in [5.41, 5.74) is 1.63. The number of likely N-dealkylation sites (tertiary alicyclic amines) is 1. The fraction of sp³-hybridized carbons (Fsp3) is 0.368. The van der Waals surface area contributed by atoms with Crippen LogP contribution >= 0.6 is 0 Å². The molecule has 0 radical (unpaired) electrons. The normalized spacial score (nSPS) is 32.8. The van der Waals surface area contributed by atoms with Crippen molar-refractivity contribution in [3.63, 3.8) is 0 Å². The van der Waals surface area contributed by atoms with Gasteiger partial charge in [-0.15, -0.1) is 0 Å². The van der Waals surface area contributed by atoms with Crippen LogP contribution in [-0.4, -0.2) is 18.7 Å². The first kappa shape index (κ1) is 14.3. The molecule has 2 aromatic rings. The highest BCUT2D eigenvalue weighted by Gasteiger charge is 2.48. The minimum Gasteiger partial charge on any atom is -0.384 e. The van der Waals surface area contributed by atoms with Gasteiger partial charge in [0.1, 0.15) is 11.6 Å². The standard InChI is InChI=1S/C19H23NO/c1-15-18(16-9-5-3-6-10-16)20(2)14-13-19(15,21)17-11-7-4-8-12-17/h3-12,15,18,21H,13-14H2,1-2H3/p+1/t15-,18-,19-/m1/s1. The van der Waals surface area contributed by atoms with E-state index in [1.807, 2.05) is 18.2 Å². The molecule has 2 N–H and O–H groups in total. The molecule has 0 aromatic heterocycles. The maximum atomic E-state index is 11.3. The molecular weight excluding hydrogens is 258 g/mol. The molecule has 3 rings (SSSR count). The summed E-state index contributed by atoms with van der Waals surface area (Å²) in [6.45, 7) is 3.17. The van der Waals surface area contributed by atoms with Gasteiger partial charge in [0.05, 0.1) is 13.6 Å². The summed E-state index contributed by atoms with van der Waals surface area (Å²) in [6, 6.07) is 21.1. The Balaban J connectivity index is 1.99. The van der Waals surface area contributed by atoms with Crippen LogP contribution in [0.2, 0.25) is 0 Å². The highest BCUT2D eigenvalue weighted by atomic mass is 16.3. The van der Waals surface area contributed by atoms with Crippen molar-refractivity contribution < 1.29 is 10.0 Å². The predicted octanol–water partition coefficient (Wildman–Crippen LogP) is 2.17. The van der Waals surface area contributed by atoms with Crippen molar-refractivity contribution in [1.29, 1.82) is 0 Å². The van der Waals surface area contributed by atoms with E-state index in [0.29, 0.717) is 6.04 Å². The summed E-state index contributed by atoms with van der Waals surface area (Å²) in [5.74, 6) is 0.177. The molecule has 110 valence electrons. The first-order chi connectivity index (χ1) is 10.1. The van der Waals surface area contributed by atoms with E-state index in [1.165, 1.54) is 10.5 Å². The van der Waals surface area contributed by atoms with E-state index in [0.717, 1.165) is 18.5 Å². The Morgan fingerprint density at radius 3 is 2.19 bits per heavy atom. The highest BCUT2D eigenvalue weighted by molar-refractivity contribution is 5.26. The Kier molecular flexibility index (Phi) is 3.83. The first-order valence-corrected chi connectivity index (χ1v) is 7.78. The maximum Gasteiger partial charge on any atom is 0.119 e. The van der Waals surface area contributed by atoms with Gasteiger partial charge in [0, 0.05) is 17.9 Å². The van der Waals surface area contributed by atoms with Crippen molar-refractivity contribution in [3.05, 3.63) is 71.8 Å². The van der Waals surface area contributed by atoms with E-state index < -0.39 is 5.60 Å². The number of nitrogens with one attached hydrogen (secondary N) is 1. The minimum absolute atomic E-state index is 0.177. The van der Waals surface area contributed by atoms with Gasteiger partial charge in [-0.1, -0.05) is 67.6 Å². The van der Waals surface area contributed by atoms with Crippen LogP contribution in [0.5, 0.6) is 0 Å². The van der Waals surface area contributed by atoms with Gasteiger partial charge in [-0.3, -0.25) is 0 Å². The highest BCUT2D eigenvalue weighted by Crippen LogP contribution is 2.40. The minimum atomic E-state index is -0.735. The van der Waals surface area contributed by atoms with Gasteiger partial charge in [-0.2, -0.15) is 0 Å². The summed E-state index contributed by atoms with van der Waals surface area (Å²) in [7, 11) is 2.23. The van der Waals surface area contributed by atoms with Crippen molar-refractivity contribution in [2.75, 3.05) is 13.6 Å². The van der Waals surface area contributed by atoms with Gasteiger partial charge in [-0.25, -0.2) is 0 Å². The zero-order valence-corrected chi connectivity index (χ0v) is 12.8. The van der Waals surface area contributed by atoms with Crippen LogP contribution in [0.25, 0.3) is 0 Å². The van der Waals surface area contributed by atoms with E-state index in [1.54, 1.807) is 0 Å². The average molecular weight is 282 g/mol. The van der Waals surface area contributed by atoms with E-state index in [9.17, 15) is 5.11 Å². The molecule has 1 fully saturated rings. The summed E-state index contributed by atoms with van der Waals surface area (Å²) in [4.78, 5) is 1.48. The fourth-order valence-corrected chi connectivity index (χ4v) is 3.84. The molecule has 0 saturated carbocycles. The Labute approximate surface area is 127 Å². The monoisotopic (exact) mass is 282 g/mol. The number of rotatable bonds is 2. The third-order valence-corrected chi connectivity index (χ3v) is 5.12. The SMILES string of the molecule is C[C@@H]1[C@H](c2ccccc2)[NH+](C)CC[C@]1(O)c1ccccc1. The van der Waals surface area contributed by atoms with Crippen LogP contribution in [0.3, 0.4) is 0 Å². The van der Waals surface area contributed by atoms with Crippen LogP contribution in [0.15, 0.2) is 60.7 Å². The second-order valence-corrected chi connectivity index (χ2v) is 6.31. The molecule has 0 spiro atoms. The topological polar surface area (TPSA) is 24.7 Å². The molecule has 1 unspecified atom stereocenters. The third kappa shape index (κ3) is 2.50. The number of piperidine rings is 1. The lowest BCUT2D eigenvalue weighted by molar-refractivity contribution is -0.926. The molecule has 1 heterocycles. The maximum absolute atomic E-state index is 11.3. The molecular formula is C19H24NO+. The van der Waals surface area contributed by atoms with E-state index in [4.69, 9.17) is 0 Å². The van der Waals surface area contributed by atoms with Crippen LogP contribution in [0.1, 0.15) is 30.5 Å². The molecule has 1 aliphatic rings. The summed E-state index contributed by atoms with van der Waals surface area (Å²) in [6.07, 6.45) is 0.813. The molecule has 1 aliphatic heterocycles. The van der Waals surface area contributed by atoms with Gasteiger partial charge in [-0.05, 0) is 5.56 Å². The van der Waals surface area contributed by atoms with Crippen LogP contribution in [-0.2, 0) is 5.60 Å². The first-order valence-electron chi connectivity index (χ1n) is 7.78. The fourth-order valence-electron chi connectivity index (χ4n) is 3.84. The predicted molar refractivity (Wildman–Crippen MR) is 85.1 cm³/mol. The Bertz CT molecular complexity index is 583. The summed E-state index contributed by atoms with van der Waals surface area (Å²) >= 11 is 0. The average Bonchev–Trinajstić information content (AvgIpc) is 2.53. The van der Waals surface area contributed by atoms with Crippen molar-refractivity contribution in [2.45, 2.75) is 25.0 Å². The Morgan fingerprint density at radius 1 is 1.00 bits per heavy atom. The van der Waals surface area contributed by atoms with E-state index in [-0.39, 0.29) is 5.92 Å². The lowest BCUT2D eigenvalue weighted by atomic mass is 9.71. The lowest BCUT2D eigenvalue weighted by Crippen LogP contribution is -3.12. The molecule has 21 heavy (non-hydrogen) atoms. The number of benzene rings is 2. The zero-order chi connectivity index (χ0) is 14.9. The Hall–Kier alpha value is -1.64. The molecule has 0 bridgehead atoms. The smallest absolute Gasteiger partial charge is 0.119 e. The number of hydrogen-bond acceptors (Lipinski definition) is 1. The zero-order valence-electron chi connectivity index (χ0n) is 12.8. The van der Waals surface area contributed by atoms with Crippen molar-refractivity contribution in [1.82, 2.24) is 0 Å². The number of hydrogen-bond donors (Lipinski definition) is 2. The van der Waals surface area contributed by atoms with E-state index in [2.05, 4.69) is 56.4 Å². The Morgan fingerprint density at radius 2 is 1.57 bits per heavy atom. The number of quaternary nitrogens is 1. The second kappa shape index (κ2) is 5.63. The van der Waals surface area contributed by atoms with Gasteiger partial charge >= 0.3 is 0 Å². The molecule has 2 aromatic carbocycles. The molecule has 1 saturated heterocycles. The van der Waals surface area contributed by atoms with Gasteiger partial charge in [0.15, 0.2) is 0 Å². The second-order valence-electron chi connectivity index (χ2n) is 6.31. The molecule has 2 heteroatoms.